The fourth-order valence-corrected chi connectivity index (χ4v) is 4.08. The summed E-state index contributed by atoms with van der Waals surface area (Å²) < 4.78 is 27.8. The fourth-order valence-electron chi connectivity index (χ4n) is 2.58. The Hall–Kier alpha value is -2.09. The molecule has 126 valence electrons. The maximum Gasteiger partial charge on any atom is 0.337 e. The lowest BCUT2D eigenvalue weighted by Gasteiger charge is -2.15. The van der Waals surface area contributed by atoms with Crippen molar-refractivity contribution in [1.82, 2.24) is 0 Å². The van der Waals surface area contributed by atoms with Crippen LogP contribution in [0.1, 0.15) is 29.6 Å². The molecule has 23 heavy (non-hydrogen) atoms. The van der Waals surface area contributed by atoms with E-state index in [1.807, 2.05) is 0 Å². The molecule has 0 radical (unpaired) electrons. The summed E-state index contributed by atoms with van der Waals surface area (Å²) in [6.45, 7) is 0. The van der Waals surface area contributed by atoms with Crippen molar-refractivity contribution in [3.05, 3.63) is 23.8 Å². The first-order chi connectivity index (χ1) is 10.6. The molecule has 0 saturated heterocycles. The summed E-state index contributed by atoms with van der Waals surface area (Å²) in [6, 6.07) is 4.32. The molecule has 0 aliphatic heterocycles. The zero-order valence-electron chi connectivity index (χ0n) is 13.0. The van der Waals surface area contributed by atoms with E-state index < -0.39 is 21.2 Å². The molecule has 0 atom stereocenters. The number of rotatable bonds is 7. The molecule has 1 aromatic rings. The number of ether oxygens (including phenoxy) is 1. The van der Waals surface area contributed by atoms with Gasteiger partial charge in [0, 0.05) is 12.7 Å². The number of benzene rings is 1. The number of hydrogen-bond donors (Lipinski definition) is 2. The van der Waals surface area contributed by atoms with Crippen molar-refractivity contribution in [2.75, 3.05) is 24.4 Å². The monoisotopic (exact) mass is 341 g/mol. The molecule has 0 aromatic heterocycles. The number of carbonyl (C=O) groups is 2. The van der Waals surface area contributed by atoms with Gasteiger partial charge in [-0.25, -0.2) is 13.2 Å². The highest BCUT2D eigenvalue weighted by Crippen LogP contribution is 2.49. The number of carboxylic acid groups (broad SMARTS) is 1. The van der Waals surface area contributed by atoms with Crippen LogP contribution in [0.3, 0.4) is 0 Å². The molecule has 1 aliphatic carbocycles. The average molecular weight is 341 g/mol. The number of hydrogen-bond acceptors (Lipinski definition) is 5. The maximum absolute atomic E-state index is 12.2. The van der Waals surface area contributed by atoms with E-state index in [-0.39, 0.29) is 29.3 Å². The number of amides is 1. The van der Waals surface area contributed by atoms with Gasteiger partial charge in [0.15, 0.2) is 0 Å². The number of methoxy groups -OCH3 is 1. The number of anilines is 1. The Morgan fingerprint density at radius 3 is 2.48 bits per heavy atom. The lowest BCUT2D eigenvalue weighted by atomic mass is 10.0. The molecule has 7 nitrogen and oxygen atoms in total. The summed E-state index contributed by atoms with van der Waals surface area (Å²) in [5.74, 6) is -1.23. The average Bonchev–Trinajstić information content (AvgIpc) is 3.15. The maximum atomic E-state index is 12.2. The first-order valence-electron chi connectivity index (χ1n) is 7.03. The van der Waals surface area contributed by atoms with E-state index in [0.29, 0.717) is 18.6 Å². The number of nitrogens with one attached hydrogen (secondary N) is 1. The van der Waals surface area contributed by atoms with Gasteiger partial charge in [0.1, 0.15) is 15.6 Å². The van der Waals surface area contributed by atoms with E-state index >= 15 is 0 Å². The molecule has 0 spiro atoms. The molecule has 1 fully saturated rings. The molecule has 8 heteroatoms. The van der Waals surface area contributed by atoms with Crippen molar-refractivity contribution in [1.29, 1.82) is 0 Å². The van der Waals surface area contributed by atoms with Gasteiger partial charge in [-0.3, -0.25) is 4.79 Å². The molecule has 0 unspecified atom stereocenters. The van der Waals surface area contributed by atoms with Crippen LogP contribution in [-0.2, 0) is 14.6 Å². The predicted molar refractivity (Wildman–Crippen MR) is 84.6 cm³/mol. The van der Waals surface area contributed by atoms with Crippen molar-refractivity contribution >= 4 is 27.4 Å². The second kappa shape index (κ2) is 6.19. The van der Waals surface area contributed by atoms with Crippen LogP contribution in [0.5, 0.6) is 5.75 Å². The molecule has 2 rings (SSSR count). The van der Waals surface area contributed by atoms with Crippen LogP contribution in [0.2, 0.25) is 0 Å². The van der Waals surface area contributed by atoms with Gasteiger partial charge in [-0.1, -0.05) is 0 Å². The number of carbonyl (C=O) groups excluding carboxylic acids is 1. The smallest absolute Gasteiger partial charge is 0.337 e. The van der Waals surface area contributed by atoms with E-state index in [1.54, 1.807) is 6.07 Å². The number of aromatic carboxylic acids is 1. The molecule has 1 saturated carbocycles. The first kappa shape index (κ1) is 17.3. The molecule has 1 aliphatic rings. The van der Waals surface area contributed by atoms with Crippen LogP contribution in [0, 0.1) is 5.41 Å². The number of carboxylic acids is 1. The Kier molecular flexibility index (Phi) is 4.65. The van der Waals surface area contributed by atoms with Crippen LogP contribution in [0.4, 0.5) is 5.69 Å². The summed E-state index contributed by atoms with van der Waals surface area (Å²) in [7, 11) is -1.74. The third-order valence-corrected chi connectivity index (χ3v) is 4.93. The summed E-state index contributed by atoms with van der Waals surface area (Å²) in [5.41, 5.74) is -0.419. The third-order valence-electron chi connectivity index (χ3n) is 3.79. The van der Waals surface area contributed by atoms with Gasteiger partial charge >= 0.3 is 5.97 Å². The Labute approximate surface area is 134 Å². The van der Waals surface area contributed by atoms with Crippen LogP contribution >= 0.6 is 0 Å². The molecule has 1 amide bonds. The lowest BCUT2D eigenvalue weighted by Crippen LogP contribution is -2.24. The minimum atomic E-state index is -3.16. The van der Waals surface area contributed by atoms with Crippen LogP contribution in [0.15, 0.2) is 18.2 Å². The predicted octanol–water partition coefficient (Wildman–Crippen LogP) is 1.55. The molecule has 2 N–H and O–H groups in total. The highest BCUT2D eigenvalue weighted by molar-refractivity contribution is 7.90. The van der Waals surface area contributed by atoms with Gasteiger partial charge in [0.25, 0.3) is 0 Å². The highest BCUT2D eigenvalue weighted by atomic mass is 32.2. The summed E-state index contributed by atoms with van der Waals surface area (Å²) in [5, 5.41) is 11.8. The van der Waals surface area contributed by atoms with Gasteiger partial charge < -0.3 is 15.2 Å². The molecular weight excluding hydrogens is 322 g/mol. The standard InChI is InChI=1S/C15H19NO6S/c1-22-10-3-4-12(11(7-10)14(18)19)16-13(17)8-15(5-6-15)9-23(2,20)21/h3-4,7H,5-6,8-9H2,1-2H3,(H,16,17)(H,18,19). The van der Waals surface area contributed by atoms with Crippen LogP contribution in [0.25, 0.3) is 0 Å². The quantitative estimate of drug-likeness (QED) is 0.778. The topological polar surface area (TPSA) is 110 Å². The zero-order valence-corrected chi connectivity index (χ0v) is 13.8. The Morgan fingerprint density at radius 2 is 2.00 bits per heavy atom. The molecule has 0 heterocycles. The summed E-state index contributed by atoms with van der Waals surface area (Å²) in [4.78, 5) is 23.4. The molecule has 1 aromatic carbocycles. The normalized spacial score (nSPS) is 15.7. The molecule has 0 bridgehead atoms. The van der Waals surface area contributed by atoms with Crippen molar-refractivity contribution < 1.29 is 27.9 Å². The third kappa shape index (κ3) is 4.69. The van der Waals surface area contributed by atoms with E-state index in [0.717, 1.165) is 6.26 Å². The van der Waals surface area contributed by atoms with E-state index in [2.05, 4.69) is 5.32 Å². The van der Waals surface area contributed by atoms with Crippen molar-refractivity contribution in [2.45, 2.75) is 19.3 Å². The highest BCUT2D eigenvalue weighted by Gasteiger charge is 2.46. The molecular formula is C15H19NO6S. The van der Waals surface area contributed by atoms with Crippen LogP contribution < -0.4 is 10.1 Å². The first-order valence-corrected chi connectivity index (χ1v) is 9.09. The van der Waals surface area contributed by atoms with E-state index in [9.17, 15) is 23.1 Å². The summed E-state index contributed by atoms with van der Waals surface area (Å²) >= 11 is 0. The second-order valence-electron chi connectivity index (χ2n) is 6.01. The van der Waals surface area contributed by atoms with Gasteiger partial charge in [-0.15, -0.1) is 0 Å². The van der Waals surface area contributed by atoms with Crippen LogP contribution in [-0.4, -0.2) is 44.5 Å². The van der Waals surface area contributed by atoms with E-state index in [4.69, 9.17) is 4.74 Å². The van der Waals surface area contributed by atoms with Crippen molar-refractivity contribution in [3.8, 4) is 5.75 Å². The van der Waals surface area contributed by atoms with Crippen molar-refractivity contribution in [2.24, 2.45) is 5.41 Å². The van der Waals surface area contributed by atoms with Gasteiger partial charge in [-0.2, -0.15) is 0 Å². The minimum Gasteiger partial charge on any atom is -0.497 e. The van der Waals surface area contributed by atoms with Gasteiger partial charge in [-0.05, 0) is 36.5 Å². The second-order valence-corrected chi connectivity index (χ2v) is 8.15. The van der Waals surface area contributed by atoms with E-state index in [1.165, 1.54) is 19.2 Å². The van der Waals surface area contributed by atoms with Gasteiger partial charge in [0.05, 0.1) is 24.1 Å². The summed E-state index contributed by atoms with van der Waals surface area (Å²) in [6.07, 6.45) is 2.58. The minimum absolute atomic E-state index is 0.0260. The number of sulfone groups is 1. The largest absolute Gasteiger partial charge is 0.497 e. The Morgan fingerprint density at radius 1 is 1.35 bits per heavy atom. The SMILES string of the molecule is COc1ccc(NC(=O)CC2(CS(C)(=O)=O)CC2)c(C(=O)O)c1. The Bertz CT molecular complexity index is 736. The lowest BCUT2D eigenvalue weighted by molar-refractivity contribution is -0.117. The fraction of sp³-hybridized carbons (Fsp3) is 0.467. The van der Waals surface area contributed by atoms with Crippen molar-refractivity contribution in [3.63, 3.8) is 0 Å². The zero-order chi connectivity index (χ0) is 17.3. The Balaban J connectivity index is 2.10. The van der Waals surface area contributed by atoms with Gasteiger partial charge in [0.2, 0.25) is 5.91 Å².